The number of hydrogen-bond donors (Lipinski definition) is 1. The quantitative estimate of drug-likeness (QED) is 0.838. The summed E-state index contributed by atoms with van der Waals surface area (Å²) in [7, 11) is -2.90. The van der Waals surface area contributed by atoms with Crippen LogP contribution in [0.25, 0.3) is 0 Å². The van der Waals surface area contributed by atoms with Crippen molar-refractivity contribution in [2.45, 2.75) is 25.8 Å². The molecule has 18 heavy (non-hydrogen) atoms. The molecule has 0 radical (unpaired) electrons. The molecule has 1 aromatic carbocycles. The van der Waals surface area contributed by atoms with Crippen LogP contribution in [-0.4, -0.2) is 33.0 Å². The lowest BCUT2D eigenvalue weighted by molar-refractivity contribution is 0.506. The van der Waals surface area contributed by atoms with Gasteiger partial charge in [0, 0.05) is 17.3 Å². The minimum Gasteiger partial charge on any atom is -0.314 e. The monoisotopic (exact) mass is 289 g/mol. The van der Waals surface area contributed by atoms with Gasteiger partial charge in [-0.1, -0.05) is 30.7 Å². The predicted octanol–water partition coefficient (Wildman–Crippen LogP) is 2.30. The molecule has 1 atom stereocenters. The maximum absolute atomic E-state index is 11.2. The Morgan fingerprint density at radius 3 is 2.67 bits per heavy atom. The van der Waals surface area contributed by atoms with Gasteiger partial charge in [-0.05, 0) is 37.1 Å². The fourth-order valence-electron chi connectivity index (χ4n) is 1.87. The highest BCUT2D eigenvalue weighted by Crippen LogP contribution is 2.13. The van der Waals surface area contributed by atoms with Gasteiger partial charge in [-0.25, -0.2) is 8.42 Å². The van der Waals surface area contributed by atoms with Crippen LogP contribution in [0.2, 0.25) is 5.02 Å². The van der Waals surface area contributed by atoms with Crippen LogP contribution in [0.5, 0.6) is 0 Å². The molecule has 0 saturated carbocycles. The maximum atomic E-state index is 11.2. The summed E-state index contributed by atoms with van der Waals surface area (Å²) in [4.78, 5) is 0. The van der Waals surface area contributed by atoms with E-state index in [9.17, 15) is 8.42 Å². The summed E-state index contributed by atoms with van der Waals surface area (Å²) in [6.07, 6.45) is 2.69. The first-order valence-electron chi connectivity index (χ1n) is 6.06. The lowest BCUT2D eigenvalue weighted by atomic mass is 10.0. The van der Waals surface area contributed by atoms with Gasteiger partial charge in [-0.3, -0.25) is 0 Å². The third kappa shape index (κ3) is 6.38. The number of hydrogen-bond acceptors (Lipinski definition) is 3. The summed E-state index contributed by atoms with van der Waals surface area (Å²) in [5, 5.41) is 4.03. The van der Waals surface area contributed by atoms with E-state index in [1.807, 2.05) is 31.2 Å². The molecule has 0 bridgehead atoms. The van der Waals surface area contributed by atoms with E-state index < -0.39 is 9.84 Å². The molecular formula is C13H20ClNO2S. The van der Waals surface area contributed by atoms with Gasteiger partial charge in [0.05, 0.1) is 5.75 Å². The molecule has 0 aliphatic heterocycles. The summed E-state index contributed by atoms with van der Waals surface area (Å²) in [6.45, 7) is 2.85. The Morgan fingerprint density at radius 2 is 2.11 bits per heavy atom. The van der Waals surface area contributed by atoms with Crippen LogP contribution in [0.15, 0.2) is 24.3 Å². The Hall–Kier alpha value is -0.580. The molecule has 102 valence electrons. The molecule has 5 heteroatoms. The number of nitrogens with one attached hydrogen (secondary N) is 1. The highest BCUT2D eigenvalue weighted by molar-refractivity contribution is 7.90. The zero-order valence-corrected chi connectivity index (χ0v) is 12.4. The second-order valence-electron chi connectivity index (χ2n) is 4.51. The standard InChI is InChI=1S/C13H20ClNO2S/c1-3-15-13(7-8-18(2,16)17)10-11-5-4-6-12(14)9-11/h4-6,9,13,15H,3,7-8,10H2,1-2H3. The lowest BCUT2D eigenvalue weighted by Gasteiger charge is -2.17. The summed E-state index contributed by atoms with van der Waals surface area (Å²) in [5.41, 5.74) is 1.13. The Bertz CT molecular complexity index is 474. The minimum atomic E-state index is -2.90. The molecule has 0 fully saturated rings. The average molecular weight is 290 g/mol. The van der Waals surface area contributed by atoms with Gasteiger partial charge in [-0.2, -0.15) is 0 Å². The number of sulfone groups is 1. The maximum Gasteiger partial charge on any atom is 0.147 e. The summed E-state index contributed by atoms with van der Waals surface area (Å²) < 4.78 is 22.4. The van der Waals surface area contributed by atoms with Gasteiger partial charge in [0.25, 0.3) is 0 Å². The first-order valence-corrected chi connectivity index (χ1v) is 8.50. The largest absolute Gasteiger partial charge is 0.314 e. The topological polar surface area (TPSA) is 46.2 Å². The molecule has 1 N–H and O–H groups in total. The molecule has 1 aromatic rings. The third-order valence-corrected chi connectivity index (χ3v) is 3.91. The van der Waals surface area contributed by atoms with E-state index in [1.165, 1.54) is 6.26 Å². The van der Waals surface area contributed by atoms with Crippen LogP contribution in [0, 0.1) is 0 Å². The normalized spacial score (nSPS) is 13.5. The van der Waals surface area contributed by atoms with E-state index in [1.54, 1.807) is 0 Å². The van der Waals surface area contributed by atoms with E-state index in [0.29, 0.717) is 11.4 Å². The summed E-state index contributed by atoms with van der Waals surface area (Å²) in [5.74, 6) is 0.214. The van der Waals surface area contributed by atoms with Crippen molar-refractivity contribution in [1.29, 1.82) is 0 Å². The Kier molecular flexibility index (Phi) is 6.12. The Labute approximate surface area is 114 Å². The first-order chi connectivity index (χ1) is 8.40. The number of halogens is 1. The zero-order valence-electron chi connectivity index (χ0n) is 10.8. The molecular weight excluding hydrogens is 270 g/mol. The highest BCUT2D eigenvalue weighted by atomic mass is 35.5. The van der Waals surface area contributed by atoms with Crippen molar-refractivity contribution < 1.29 is 8.42 Å². The van der Waals surface area contributed by atoms with Crippen molar-refractivity contribution in [1.82, 2.24) is 5.32 Å². The minimum absolute atomic E-state index is 0.170. The van der Waals surface area contributed by atoms with Gasteiger partial charge in [0.1, 0.15) is 9.84 Å². The van der Waals surface area contributed by atoms with Crippen molar-refractivity contribution in [2.75, 3.05) is 18.6 Å². The smallest absolute Gasteiger partial charge is 0.147 e. The second kappa shape index (κ2) is 7.12. The van der Waals surface area contributed by atoms with Crippen LogP contribution in [-0.2, 0) is 16.3 Å². The lowest BCUT2D eigenvalue weighted by Crippen LogP contribution is -2.32. The van der Waals surface area contributed by atoms with Crippen molar-refractivity contribution in [3.63, 3.8) is 0 Å². The average Bonchev–Trinajstić information content (AvgIpc) is 2.25. The molecule has 0 spiro atoms. The first kappa shape index (κ1) is 15.5. The van der Waals surface area contributed by atoms with E-state index in [2.05, 4.69) is 5.32 Å². The van der Waals surface area contributed by atoms with Crippen LogP contribution in [0.3, 0.4) is 0 Å². The molecule has 0 aliphatic rings. The van der Waals surface area contributed by atoms with Crippen LogP contribution in [0.1, 0.15) is 18.9 Å². The van der Waals surface area contributed by atoms with Gasteiger partial charge < -0.3 is 5.32 Å². The van der Waals surface area contributed by atoms with Crippen LogP contribution in [0.4, 0.5) is 0 Å². The number of likely N-dealkylation sites (N-methyl/N-ethyl adjacent to an activating group) is 1. The van der Waals surface area contributed by atoms with Crippen LogP contribution >= 0.6 is 11.6 Å². The SMILES string of the molecule is CCNC(CCS(C)(=O)=O)Cc1cccc(Cl)c1. The van der Waals surface area contributed by atoms with E-state index >= 15 is 0 Å². The molecule has 0 amide bonds. The van der Waals surface area contributed by atoms with Gasteiger partial charge >= 0.3 is 0 Å². The fourth-order valence-corrected chi connectivity index (χ4v) is 2.80. The van der Waals surface area contributed by atoms with Crippen molar-refractivity contribution in [2.24, 2.45) is 0 Å². The fraction of sp³-hybridized carbons (Fsp3) is 0.538. The van der Waals surface area contributed by atoms with E-state index in [0.717, 1.165) is 18.5 Å². The highest BCUT2D eigenvalue weighted by Gasteiger charge is 2.12. The molecule has 3 nitrogen and oxygen atoms in total. The van der Waals surface area contributed by atoms with E-state index in [-0.39, 0.29) is 11.8 Å². The van der Waals surface area contributed by atoms with Gasteiger partial charge in [-0.15, -0.1) is 0 Å². The van der Waals surface area contributed by atoms with Gasteiger partial charge in [0.15, 0.2) is 0 Å². The van der Waals surface area contributed by atoms with Crippen molar-refractivity contribution >= 4 is 21.4 Å². The van der Waals surface area contributed by atoms with Gasteiger partial charge in [0.2, 0.25) is 0 Å². The molecule has 1 unspecified atom stereocenters. The van der Waals surface area contributed by atoms with Crippen molar-refractivity contribution in [3.05, 3.63) is 34.9 Å². The predicted molar refractivity (Wildman–Crippen MR) is 76.9 cm³/mol. The number of rotatable bonds is 7. The van der Waals surface area contributed by atoms with Crippen LogP contribution < -0.4 is 5.32 Å². The number of benzene rings is 1. The summed E-state index contributed by atoms with van der Waals surface area (Å²) >= 11 is 5.94. The molecule has 1 rings (SSSR count). The molecule has 0 saturated heterocycles. The molecule has 0 heterocycles. The van der Waals surface area contributed by atoms with E-state index in [4.69, 9.17) is 11.6 Å². The third-order valence-electron chi connectivity index (χ3n) is 2.70. The molecule has 0 aromatic heterocycles. The molecule has 0 aliphatic carbocycles. The second-order valence-corrected chi connectivity index (χ2v) is 7.20. The Balaban J connectivity index is 2.62. The zero-order chi connectivity index (χ0) is 13.6. The summed E-state index contributed by atoms with van der Waals surface area (Å²) in [6, 6.07) is 7.85. The Morgan fingerprint density at radius 1 is 1.39 bits per heavy atom. The van der Waals surface area contributed by atoms with Crippen molar-refractivity contribution in [3.8, 4) is 0 Å².